The van der Waals surface area contributed by atoms with Gasteiger partial charge in [0.1, 0.15) is 0 Å². The highest BCUT2D eigenvalue weighted by Crippen LogP contribution is 2.38. The second-order valence-corrected chi connectivity index (χ2v) is 7.32. The van der Waals surface area contributed by atoms with Gasteiger partial charge in [0.25, 0.3) is 5.91 Å². The summed E-state index contributed by atoms with van der Waals surface area (Å²) in [4.78, 5) is 25.8. The van der Waals surface area contributed by atoms with Gasteiger partial charge in [0.2, 0.25) is 5.76 Å². The third kappa shape index (κ3) is 5.21. The molecular weight excluding hydrogens is 367 g/mol. The van der Waals surface area contributed by atoms with Gasteiger partial charge in [0, 0.05) is 31.2 Å². The lowest BCUT2D eigenvalue weighted by atomic mass is 9.94. The van der Waals surface area contributed by atoms with Crippen LogP contribution in [0.1, 0.15) is 43.7 Å². The lowest BCUT2D eigenvalue weighted by molar-refractivity contribution is -0.192. The largest absolute Gasteiger partial charge is 0.490 e. The van der Waals surface area contributed by atoms with Crippen molar-refractivity contribution in [3.8, 4) is 0 Å². The first-order valence-corrected chi connectivity index (χ1v) is 8.80. The van der Waals surface area contributed by atoms with Gasteiger partial charge >= 0.3 is 12.1 Å². The van der Waals surface area contributed by atoms with E-state index in [1.807, 2.05) is 4.90 Å². The first kappa shape index (κ1) is 21.2. The number of carboxylic acid groups (broad SMARTS) is 1. The first-order chi connectivity index (χ1) is 12.5. The number of carboxylic acids is 1. The molecule has 2 aliphatic heterocycles. The molecule has 0 bridgehead atoms. The number of carbonyl (C=O) groups excluding carboxylic acids is 1. The van der Waals surface area contributed by atoms with Crippen molar-refractivity contribution in [1.82, 2.24) is 15.0 Å². The highest BCUT2D eigenvalue weighted by molar-refractivity contribution is 5.91. The number of halogens is 3. The third-order valence-corrected chi connectivity index (χ3v) is 4.84. The molecule has 1 N–H and O–H groups in total. The van der Waals surface area contributed by atoms with E-state index in [0.717, 1.165) is 26.1 Å². The number of hydrogen-bond acceptors (Lipinski definition) is 5. The molecule has 0 aromatic carbocycles. The average Bonchev–Trinajstić information content (AvgIpc) is 3.30. The monoisotopic (exact) mass is 391 g/mol. The topological polar surface area (TPSA) is 86.9 Å². The van der Waals surface area contributed by atoms with E-state index in [0.29, 0.717) is 11.7 Å². The molecule has 1 atom stereocenters. The summed E-state index contributed by atoms with van der Waals surface area (Å²) in [5, 5.41) is 10.8. The zero-order chi connectivity index (χ0) is 20.2. The quantitative estimate of drug-likeness (QED) is 0.853. The molecule has 1 unspecified atom stereocenters. The lowest BCUT2D eigenvalue weighted by Gasteiger charge is -2.36. The van der Waals surface area contributed by atoms with Crippen molar-refractivity contribution < 1.29 is 32.4 Å². The molecule has 10 heteroatoms. The van der Waals surface area contributed by atoms with Gasteiger partial charge < -0.3 is 14.5 Å². The number of aliphatic carboxylic acids is 1. The van der Waals surface area contributed by atoms with Gasteiger partial charge in [-0.15, -0.1) is 0 Å². The van der Waals surface area contributed by atoms with E-state index in [1.165, 1.54) is 25.6 Å². The predicted molar refractivity (Wildman–Crippen MR) is 89.1 cm³/mol. The number of hydrogen-bond donors (Lipinski definition) is 1. The van der Waals surface area contributed by atoms with Crippen LogP contribution in [0.15, 0.2) is 16.8 Å². The summed E-state index contributed by atoms with van der Waals surface area (Å²) in [6.07, 6.45) is -0.0176. The summed E-state index contributed by atoms with van der Waals surface area (Å²) >= 11 is 0. The Morgan fingerprint density at radius 1 is 1.33 bits per heavy atom. The van der Waals surface area contributed by atoms with Crippen LogP contribution in [0.5, 0.6) is 0 Å². The van der Waals surface area contributed by atoms with E-state index in [2.05, 4.69) is 23.9 Å². The Morgan fingerprint density at radius 3 is 2.52 bits per heavy atom. The van der Waals surface area contributed by atoms with Crippen molar-refractivity contribution >= 4 is 11.9 Å². The minimum absolute atomic E-state index is 0.0178. The fourth-order valence-corrected chi connectivity index (χ4v) is 3.69. The van der Waals surface area contributed by atoms with Crippen LogP contribution >= 0.6 is 0 Å². The number of alkyl halides is 3. The summed E-state index contributed by atoms with van der Waals surface area (Å²) in [5.74, 6) is -1.75. The van der Waals surface area contributed by atoms with Crippen LogP contribution in [0.2, 0.25) is 0 Å². The normalized spacial score (nSPS) is 23.0. The maximum atomic E-state index is 12.4. The number of carbonyl (C=O) groups is 2. The molecule has 1 spiro atoms. The highest BCUT2D eigenvalue weighted by Gasteiger charge is 2.47. The number of nitrogens with zero attached hydrogens (tertiary/aromatic N) is 3. The van der Waals surface area contributed by atoms with E-state index in [4.69, 9.17) is 14.4 Å². The summed E-state index contributed by atoms with van der Waals surface area (Å²) in [6, 6.07) is 1.65. The van der Waals surface area contributed by atoms with E-state index in [-0.39, 0.29) is 11.4 Å². The second-order valence-electron chi connectivity index (χ2n) is 7.32. The Kier molecular flexibility index (Phi) is 6.50. The minimum atomic E-state index is -5.08. The van der Waals surface area contributed by atoms with Crippen LogP contribution in [0.3, 0.4) is 0 Å². The molecule has 1 aromatic rings. The third-order valence-electron chi connectivity index (χ3n) is 4.84. The summed E-state index contributed by atoms with van der Waals surface area (Å²) in [6.45, 7) is 8.48. The van der Waals surface area contributed by atoms with E-state index in [9.17, 15) is 18.0 Å². The van der Waals surface area contributed by atoms with Crippen molar-refractivity contribution in [2.24, 2.45) is 5.92 Å². The molecule has 2 saturated heterocycles. The molecule has 27 heavy (non-hydrogen) atoms. The molecule has 3 heterocycles. The lowest BCUT2D eigenvalue weighted by Crippen LogP contribution is -2.48. The van der Waals surface area contributed by atoms with Crippen LogP contribution in [0.25, 0.3) is 0 Å². The Hall–Kier alpha value is -2.10. The molecule has 152 valence electrons. The Bertz CT molecular complexity index is 648. The van der Waals surface area contributed by atoms with E-state index in [1.54, 1.807) is 6.07 Å². The molecule has 0 saturated carbocycles. The fourth-order valence-electron chi connectivity index (χ4n) is 3.69. The number of likely N-dealkylation sites (tertiary alicyclic amines) is 2. The number of amides is 1. The number of aromatic nitrogens is 1. The van der Waals surface area contributed by atoms with Gasteiger partial charge in [-0.2, -0.15) is 13.2 Å². The molecule has 3 rings (SSSR count). The van der Waals surface area contributed by atoms with E-state index >= 15 is 0 Å². The van der Waals surface area contributed by atoms with Gasteiger partial charge in [0.15, 0.2) is 0 Å². The Morgan fingerprint density at radius 2 is 2.00 bits per heavy atom. The number of rotatable bonds is 3. The Labute approximate surface area is 155 Å². The zero-order valence-corrected chi connectivity index (χ0v) is 15.3. The van der Waals surface area contributed by atoms with Gasteiger partial charge in [-0.1, -0.05) is 19.0 Å². The molecular formula is C17H24F3N3O4. The summed E-state index contributed by atoms with van der Waals surface area (Å²) in [7, 11) is 0. The summed E-state index contributed by atoms with van der Waals surface area (Å²) in [5.41, 5.74) is 0.208. The zero-order valence-electron chi connectivity index (χ0n) is 15.3. The van der Waals surface area contributed by atoms with Gasteiger partial charge in [-0.3, -0.25) is 9.69 Å². The fraction of sp³-hybridized carbons (Fsp3) is 0.706. The molecule has 0 aliphatic carbocycles. The standard InChI is InChI=1S/C15H23N3O2.C2HF3O2/c1-12(2)10-18-8-3-5-15(18)6-9-17(11-15)14(19)13-4-7-16-20-13;3-2(4,5)1(6)7/h4,7,12H,3,5-6,8-11H2,1-2H3;(H,6,7). The van der Waals surface area contributed by atoms with Crippen molar-refractivity contribution in [1.29, 1.82) is 0 Å². The maximum absolute atomic E-state index is 12.4. The van der Waals surface area contributed by atoms with Crippen LogP contribution in [-0.2, 0) is 4.79 Å². The highest BCUT2D eigenvalue weighted by atomic mass is 19.4. The molecule has 2 fully saturated rings. The molecule has 1 aromatic heterocycles. The van der Waals surface area contributed by atoms with Crippen molar-refractivity contribution in [3.05, 3.63) is 18.0 Å². The minimum Gasteiger partial charge on any atom is -0.475 e. The van der Waals surface area contributed by atoms with Crippen molar-refractivity contribution in [2.75, 3.05) is 26.2 Å². The van der Waals surface area contributed by atoms with Crippen LogP contribution in [0.4, 0.5) is 13.2 Å². The first-order valence-electron chi connectivity index (χ1n) is 8.80. The van der Waals surface area contributed by atoms with Crippen molar-refractivity contribution in [3.63, 3.8) is 0 Å². The molecule has 1 amide bonds. The van der Waals surface area contributed by atoms with Crippen LogP contribution in [0, 0.1) is 5.92 Å². The average molecular weight is 391 g/mol. The second kappa shape index (κ2) is 8.28. The van der Waals surface area contributed by atoms with E-state index < -0.39 is 12.1 Å². The molecule has 0 radical (unpaired) electrons. The maximum Gasteiger partial charge on any atom is 0.490 e. The SMILES string of the molecule is CC(C)CN1CCCC12CCN(C(=O)c1ccno1)C2.O=C(O)C(F)(F)F. The predicted octanol–water partition coefficient (Wildman–Crippen LogP) is 2.64. The van der Waals surface area contributed by atoms with Gasteiger partial charge in [-0.05, 0) is 31.7 Å². The van der Waals surface area contributed by atoms with Crippen LogP contribution < -0.4 is 0 Å². The van der Waals surface area contributed by atoms with Gasteiger partial charge in [-0.25, -0.2) is 4.79 Å². The smallest absolute Gasteiger partial charge is 0.475 e. The van der Waals surface area contributed by atoms with Crippen molar-refractivity contribution in [2.45, 2.75) is 44.8 Å². The Balaban J connectivity index is 0.000000321. The molecule has 7 nitrogen and oxygen atoms in total. The van der Waals surface area contributed by atoms with Gasteiger partial charge in [0.05, 0.1) is 6.20 Å². The molecule has 2 aliphatic rings. The van der Waals surface area contributed by atoms with Crippen LogP contribution in [-0.4, -0.2) is 69.8 Å². The summed E-state index contributed by atoms with van der Waals surface area (Å²) < 4.78 is 36.7.